The zero-order chi connectivity index (χ0) is 14.5. The number of hydrogen-bond acceptors (Lipinski definition) is 6. The summed E-state index contributed by atoms with van der Waals surface area (Å²) in [5.74, 6) is 0.285. The molecule has 0 aromatic carbocycles. The predicted molar refractivity (Wildman–Crippen MR) is 73.1 cm³/mol. The molecule has 7 heteroatoms. The van der Waals surface area contributed by atoms with Gasteiger partial charge in [-0.2, -0.15) is 0 Å². The van der Waals surface area contributed by atoms with Gasteiger partial charge in [0.15, 0.2) is 9.84 Å². The molecule has 0 aliphatic carbocycles. The van der Waals surface area contributed by atoms with E-state index < -0.39 is 15.8 Å². The lowest BCUT2D eigenvalue weighted by atomic mass is 10.2. The lowest BCUT2D eigenvalue weighted by Crippen LogP contribution is -2.18. The number of methoxy groups -OCH3 is 1. The highest BCUT2D eigenvalue weighted by molar-refractivity contribution is 7.91. The first kappa shape index (κ1) is 15.4. The Kier molecular flexibility index (Phi) is 5.29. The number of aryl methyl sites for hydroxylation is 1. The Morgan fingerprint density at radius 2 is 2.11 bits per heavy atom. The number of sulfone groups is 1. The van der Waals surface area contributed by atoms with Crippen LogP contribution in [0.2, 0.25) is 0 Å². The highest BCUT2D eigenvalue weighted by atomic mass is 32.2. The van der Waals surface area contributed by atoms with Crippen molar-refractivity contribution in [2.24, 2.45) is 0 Å². The van der Waals surface area contributed by atoms with Crippen molar-refractivity contribution < 1.29 is 17.9 Å². The topological polar surface area (TPSA) is 85.4 Å². The van der Waals surface area contributed by atoms with Gasteiger partial charge >= 0.3 is 5.97 Å². The molecule has 0 saturated carbocycles. The number of pyridine rings is 1. The lowest BCUT2D eigenvalue weighted by Gasteiger charge is -2.08. The van der Waals surface area contributed by atoms with Crippen LogP contribution in [0.25, 0.3) is 0 Å². The van der Waals surface area contributed by atoms with Gasteiger partial charge in [-0.3, -0.25) is 0 Å². The van der Waals surface area contributed by atoms with Crippen LogP contribution in [-0.2, 0) is 14.6 Å². The van der Waals surface area contributed by atoms with Crippen LogP contribution in [0.15, 0.2) is 12.1 Å². The van der Waals surface area contributed by atoms with Gasteiger partial charge in [0.1, 0.15) is 5.82 Å². The van der Waals surface area contributed by atoms with Crippen molar-refractivity contribution in [2.45, 2.75) is 13.8 Å². The third kappa shape index (κ3) is 4.51. The van der Waals surface area contributed by atoms with Crippen molar-refractivity contribution in [3.05, 3.63) is 23.4 Å². The summed E-state index contributed by atoms with van der Waals surface area (Å²) in [5.41, 5.74) is 0.935. The maximum atomic E-state index is 11.4. The van der Waals surface area contributed by atoms with Crippen molar-refractivity contribution in [3.8, 4) is 0 Å². The normalized spacial score (nSPS) is 11.1. The Balaban J connectivity index is 2.67. The summed E-state index contributed by atoms with van der Waals surface area (Å²) in [6, 6.07) is 3.22. The fraction of sp³-hybridized carbons (Fsp3) is 0.500. The molecule has 1 aromatic heterocycles. The first-order valence-electron chi connectivity index (χ1n) is 5.90. The van der Waals surface area contributed by atoms with E-state index in [9.17, 15) is 13.2 Å². The standard InChI is InChI=1S/C12H18N2O4S/c1-4-19(16,17)8-7-13-11-6-5-10(9(2)14-11)12(15)18-3/h5-6H,4,7-8H2,1-3H3,(H,13,14). The van der Waals surface area contributed by atoms with Crippen LogP contribution >= 0.6 is 0 Å². The number of carbonyl (C=O) groups excluding carboxylic acids is 1. The van der Waals surface area contributed by atoms with E-state index in [0.717, 1.165) is 0 Å². The Bertz CT molecular complexity index is 555. The fourth-order valence-corrected chi connectivity index (χ4v) is 2.17. The van der Waals surface area contributed by atoms with E-state index in [-0.39, 0.29) is 11.5 Å². The maximum Gasteiger partial charge on any atom is 0.339 e. The quantitative estimate of drug-likeness (QED) is 0.786. The number of rotatable bonds is 6. The van der Waals surface area contributed by atoms with Gasteiger partial charge in [-0.05, 0) is 19.1 Å². The van der Waals surface area contributed by atoms with Gasteiger partial charge < -0.3 is 10.1 Å². The number of esters is 1. The molecule has 0 amide bonds. The summed E-state index contributed by atoms with van der Waals surface area (Å²) in [7, 11) is -1.68. The van der Waals surface area contributed by atoms with Gasteiger partial charge in [-0.1, -0.05) is 6.92 Å². The Hall–Kier alpha value is -1.63. The highest BCUT2D eigenvalue weighted by Gasteiger charge is 2.11. The second kappa shape index (κ2) is 6.51. The van der Waals surface area contributed by atoms with E-state index in [0.29, 0.717) is 23.6 Å². The molecular weight excluding hydrogens is 268 g/mol. The first-order chi connectivity index (χ1) is 8.89. The van der Waals surface area contributed by atoms with Crippen LogP contribution in [0.5, 0.6) is 0 Å². The summed E-state index contributed by atoms with van der Waals surface area (Å²) in [4.78, 5) is 15.5. The van der Waals surface area contributed by atoms with Gasteiger partial charge in [-0.15, -0.1) is 0 Å². The monoisotopic (exact) mass is 286 g/mol. The van der Waals surface area contributed by atoms with Crippen molar-refractivity contribution in [2.75, 3.05) is 30.5 Å². The molecule has 0 radical (unpaired) electrons. The fourth-order valence-electron chi connectivity index (χ4n) is 1.46. The van der Waals surface area contributed by atoms with Crippen molar-refractivity contribution >= 4 is 21.6 Å². The Morgan fingerprint density at radius 3 is 2.63 bits per heavy atom. The molecule has 0 aliphatic heterocycles. The summed E-state index contributed by atoms with van der Waals surface area (Å²) in [6.07, 6.45) is 0. The molecule has 0 saturated heterocycles. The number of nitrogens with one attached hydrogen (secondary N) is 1. The summed E-state index contributed by atoms with van der Waals surface area (Å²) in [5, 5.41) is 2.92. The Labute approximate surface area is 113 Å². The molecule has 1 aromatic rings. The highest BCUT2D eigenvalue weighted by Crippen LogP contribution is 2.11. The van der Waals surface area contributed by atoms with E-state index in [1.165, 1.54) is 7.11 Å². The van der Waals surface area contributed by atoms with E-state index >= 15 is 0 Å². The zero-order valence-electron chi connectivity index (χ0n) is 11.3. The van der Waals surface area contributed by atoms with E-state index in [1.807, 2.05) is 0 Å². The Morgan fingerprint density at radius 1 is 1.42 bits per heavy atom. The molecule has 0 unspecified atom stereocenters. The smallest absolute Gasteiger partial charge is 0.339 e. The molecule has 0 fully saturated rings. The molecule has 19 heavy (non-hydrogen) atoms. The molecule has 6 nitrogen and oxygen atoms in total. The molecule has 0 spiro atoms. The van der Waals surface area contributed by atoms with Crippen molar-refractivity contribution in [1.29, 1.82) is 0 Å². The van der Waals surface area contributed by atoms with Gasteiger partial charge in [-0.25, -0.2) is 18.2 Å². The minimum atomic E-state index is -2.99. The molecule has 106 valence electrons. The number of ether oxygens (including phenoxy) is 1. The van der Waals surface area contributed by atoms with Gasteiger partial charge in [0, 0.05) is 12.3 Å². The van der Waals surface area contributed by atoms with Crippen LogP contribution in [0.1, 0.15) is 23.0 Å². The lowest BCUT2D eigenvalue weighted by molar-refractivity contribution is 0.0599. The second-order valence-corrected chi connectivity index (χ2v) is 6.46. The van der Waals surface area contributed by atoms with Crippen molar-refractivity contribution in [1.82, 2.24) is 4.98 Å². The maximum absolute atomic E-state index is 11.4. The molecule has 1 heterocycles. The number of aromatic nitrogens is 1. The zero-order valence-corrected chi connectivity index (χ0v) is 12.1. The van der Waals surface area contributed by atoms with Crippen LogP contribution in [0.4, 0.5) is 5.82 Å². The molecular formula is C12H18N2O4S. The number of carbonyl (C=O) groups is 1. The van der Waals surface area contributed by atoms with Crippen molar-refractivity contribution in [3.63, 3.8) is 0 Å². The minimum absolute atomic E-state index is 0.0585. The van der Waals surface area contributed by atoms with Crippen LogP contribution < -0.4 is 5.32 Å². The third-order valence-electron chi connectivity index (χ3n) is 2.65. The third-order valence-corrected chi connectivity index (χ3v) is 4.36. The molecule has 1 rings (SSSR count). The summed E-state index contributed by atoms with van der Waals surface area (Å²) >= 11 is 0. The second-order valence-electron chi connectivity index (χ2n) is 3.98. The van der Waals surface area contributed by atoms with E-state index in [1.54, 1.807) is 26.0 Å². The molecule has 0 aliphatic rings. The van der Waals surface area contributed by atoms with E-state index in [4.69, 9.17) is 0 Å². The molecule has 1 N–H and O–H groups in total. The van der Waals surface area contributed by atoms with E-state index in [2.05, 4.69) is 15.0 Å². The first-order valence-corrected chi connectivity index (χ1v) is 7.72. The molecule has 0 atom stereocenters. The molecule has 0 bridgehead atoms. The SMILES string of the molecule is CCS(=O)(=O)CCNc1ccc(C(=O)OC)c(C)n1. The van der Waals surface area contributed by atoms with Gasteiger partial charge in [0.25, 0.3) is 0 Å². The van der Waals surface area contributed by atoms with Crippen LogP contribution in [0.3, 0.4) is 0 Å². The van der Waals surface area contributed by atoms with Crippen LogP contribution in [-0.4, -0.2) is 44.5 Å². The largest absolute Gasteiger partial charge is 0.465 e. The number of nitrogens with zero attached hydrogens (tertiary/aromatic N) is 1. The minimum Gasteiger partial charge on any atom is -0.465 e. The number of hydrogen-bond donors (Lipinski definition) is 1. The van der Waals surface area contributed by atoms with Gasteiger partial charge in [0.2, 0.25) is 0 Å². The number of anilines is 1. The predicted octanol–water partition coefficient (Wildman–Crippen LogP) is 1.02. The average molecular weight is 286 g/mol. The van der Waals surface area contributed by atoms with Gasteiger partial charge in [0.05, 0.1) is 24.1 Å². The summed E-state index contributed by atoms with van der Waals surface area (Å²) < 4.78 is 27.3. The average Bonchev–Trinajstić information content (AvgIpc) is 2.38. The summed E-state index contributed by atoms with van der Waals surface area (Å²) in [6.45, 7) is 3.60. The van der Waals surface area contributed by atoms with Crippen LogP contribution in [0, 0.1) is 6.92 Å².